The van der Waals surface area contributed by atoms with Gasteiger partial charge < -0.3 is 10.2 Å². The minimum absolute atomic E-state index is 0.150. The van der Waals surface area contributed by atoms with Crippen LogP contribution in [0.4, 0.5) is 10.5 Å². The van der Waals surface area contributed by atoms with Gasteiger partial charge in [-0.25, -0.2) is 4.79 Å². The molecule has 4 nitrogen and oxygen atoms in total. The van der Waals surface area contributed by atoms with Gasteiger partial charge in [-0.15, -0.1) is 0 Å². The average molecular weight is 259 g/mol. The highest BCUT2D eigenvalue weighted by molar-refractivity contribution is 5.93. The number of nitrogens with zero attached hydrogens (tertiary/aromatic N) is 2. The molecule has 2 heterocycles. The van der Waals surface area contributed by atoms with E-state index in [4.69, 9.17) is 0 Å². The minimum Gasteiger partial charge on any atom is -0.321 e. The summed E-state index contributed by atoms with van der Waals surface area (Å²) in [4.78, 5) is 16.5. The van der Waals surface area contributed by atoms with Crippen LogP contribution in [0.5, 0.6) is 0 Å². The van der Waals surface area contributed by atoms with E-state index in [2.05, 4.69) is 22.3 Å². The van der Waals surface area contributed by atoms with Gasteiger partial charge in [0.2, 0.25) is 0 Å². The fraction of sp³-hybridized carbons (Fsp3) is 0.533. The van der Waals surface area contributed by atoms with Crippen LogP contribution in [0.2, 0.25) is 0 Å². The molecule has 1 N–H and O–H groups in total. The van der Waals surface area contributed by atoms with Crippen molar-refractivity contribution in [1.82, 2.24) is 10.2 Å². The predicted octanol–water partition coefficient (Wildman–Crippen LogP) is 1.85. The monoisotopic (exact) mass is 259 g/mol. The number of para-hydroxylation sites is 1. The van der Waals surface area contributed by atoms with E-state index in [0.717, 1.165) is 44.6 Å². The maximum absolute atomic E-state index is 12.6. The van der Waals surface area contributed by atoms with E-state index in [1.54, 1.807) is 0 Å². The lowest BCUT2D eigenvalue weighted by molar-refractivity contribution is 0.168. The minimum atomic E-state index is 0.150. The number of anilines is 1. The number of piperidine rings is 1. The van der Waals surface area contributed by atoms with E-state index in [9.17, 15) is 4.79 Å². The SMILES string of the molecule is CN1C(=O)N(C2CCNCC2)CCc2ccccc21. The number of benzene rings is 1. The molecule has 2 aliphatic rings. The molecule has 4 heteroatoms. The summed E-state index contributed by atoms with van der Waals surface area (Å²) in [6.45, 7) is 2.88. The number of amides is 2. The molecule has 1 aromatic carbocycles. The summed E-state index contributed by atoms with van der Waals surface area (Å²) in [7, 11) is 1.89. The molecule has 0 radical (unpaired) electrons. The number of hydrogen-bond donors (Lipinski definition) is 1. The molecule has 3 rings (SSSR count). The summed E-state index contributed by atoms with van der Waals surface area (Å²) < 4.78 is 0. The highest BCUT2D eigenvalue weighted by Gasteiger charge is 2.30. The van der Waals surface area contributed by atoms with Crippen LogP contribution in [0, 0.1) is 0 Å². The number of carbonyl (C=O) groups is 1. The number of rotatable bonds is 1. The van der Waals surface area contributed by atoms with Gasteiger partial charge in [-0.3, -0.25) is 4.90 Å². The lowest BCUT2D eigenvalue weighted by Gasteiger charge is -2.35. The van der Waals surface area contributed by atoms with Gasteiger partial charge in [-0.2, -0.15) is 0 Å². The first-order chi connectivity index (χ1) is 9.27. The Kier molecular flexibility index (Phi) is 3.42. The van der Waals surface area contributed by atoms with Gasteiger partial charge in [-0.1, -0.05) is 18.2 Å². The Balaban J connectivity index is 1.85. The topological polar surface area (TPSA) is 35.6 Å². The van der Waals surface area contributed by atoms with Crippen molar-refractivity contribution in [1.29, 1.82) is 0 Å². The first-order valence-corrected chi connectivity index (χ1v) is 7.10. The Hall–Kier alpha value is -1.55. The van der Waals surface area contributed by atoms with E-state index >= 15 is 0 Å². The molecule has 1 saturated heterocycles. The summed E-state index contributed by atoms with van der Waals surface area (Å²) in [6.07, 6.45) is 3.09. The lowest BCUT2D eigenvalue weighted by Crippen LogP contribution is -2.50. The fourth-order valence-electron chi connectivity index (χ4n) is 3.14. The summed E-state index contributed by atoms with van der Waals surface area (Å²) in [5, 5.41) is 3.36. The van der Waals surface area contributed by atoms with Gasteiger partial charge in [-0.05, 0) is 44.0 Å². The van der Waals surface area contributed by atoms with Crippen molar-refractivity contribution in [2.75, 3.05) is 31.6 Å². The first-order valence-electron chi connectivity index (χ1n) is 7.10. The molecule has 2 aliphatic heterocycles. The van der Waals surface area contributed by atoms with Gasteiger partial charge in [0.25, 0.3) is 0 Å². The Labute approximate surface area is 114 Å². The van der Waals surface area contributed by atoms with E-state index in [1.807, 2.05) is 24.1 Å². The summed E-state index contributed by atoms with van der Waals surface area (Å²) in [5.41, 5.74) is 2.33. The summed E-state index contributed by atoms with van der Waals surface area (Å²) >= 11 is 0. The summed E-state index contributed by atoms with van der Waals surface area (Å²) in [6, 6.07) is 8.77. The fourth-order valence-corrected chi connectivity index (χ4v) is 3.14. The van der Waals surface area contributed by atoms with Crippen molar-refractivity contribution >= 4 is 11.7 Å². The Morgan fingerprint density at radius 2 is 1.95 bits per heavy atom. The molecule has 19 heavy (non-hydrogen) atoms. The van der Waals surface area contributed by atoms with Crippen LogP contribution in [-0.2, 0) is 6.42 Å². The van der Waals surface area contributed by atoms with Crippen LogP contribution in [0.15, 0.2) is 24.3 Å². The van der Waals surface area contributed by atoms with Gasteiger partial charge >= 0.3 is 6.03 Å². The summed E-state index contributed by atoms with van der Waals surface area (Å²) in [5.74, 6) is 0. The molecule has 0 atom stereocenters. The van der Waals surface area contributed by atoms with Gasteiger partial charge in [0, 0.05) is 25.3 Å². The second-order valence-corrected chi connectivity index (χ2v) is 5.39. The highest BCUT2D eigenvalue weighted by Crippen LogP contribution is 2.26. The number of carbonyl (C=O) groups excluding carboxylic acids is 1. The van der Waals surface area contributed by atoms with E-state index in [1.165, 1.54) is 5.56 Å². The van der Waals surface area contributed by atoms with Crippen molar-refractivity contribution in [2.45, 2.75) is 25.3 Å². The third-order valence-corrected chi connectivity index (χ3v) is 4.26. The molecule has 102 valence electrons. The smallest absolute Gasteiger partial charge is 0.321 e. The van der Waals surface area contributed by atoms with Crippen molar-refractivity contribution < 1.29 is 4.79 Å². The molecule has 2 amide bonds. The molecule has 1 aromatic rings. The molecule has 1 fully saturated rings. The molecular weight excluding hydrogens is 238 g/mol. The lowest BCUT2D eigenvalue weighted by atomic mass is 10.0. The molecule has 0 spiro atoms. The third kappa shape index (κ3) is 2.32. The van der Waals surface area contributed by atoms with E-state index < -0.39 is 0 Å². The van der Waals surface area contributed by atoms with Gasteiger partial charge in [0.15, 0.2) is 0 Å². The van der Waals surface area contributed by atoms with Crippen LogP contribution >= 0.6 is 0 Å². The predicted molar refractivity (Wildman–Crippen MR) is 76.5 cm³/mol. The zero-order valence-corrected chi connectivity index (χ0v) is 11.4. The zero-order valence-electron chi connectivity index (χ0n) is 11.4. The number of nitrogens with one attached hydrogen (secondary N) is 1. The maximum Gasteiger partial charge on any atom is 0.324 e. The Morgan fingerprint density at radius 3 is 2.74 bits per heavy atom. The molecule has 0 saturated carbocycles. The standard InChI is InChI=1S/C15H21N3O/c1-17-14-5-3-2-4-12(14)8-11-18(15(17)19)13-6-9-16-10-7-13/h2-5,13,16H,6-11H2,1H3. The zero-order chi connectivity index (χ0) is 13.2. The Morgan fingerprint density at radius 1 is 1.21 bits per heavy atom. The maximum atomic E-state index is 12.6. The van der Waals surface area contributed by atoms with Crippen molar-refractivity contribution in [3.8, 4) is 0 Å². The third-order valence-electron chi connectivity index (χ3n) is 4.26. The van der Waals surface area contributed by atoms with E-state index in [0.29, 0.717) is 6.04 Å². The second-order valence-electron chi connectivity index (χ2n) is 5.39. The van der Waals surface area contributed by atoms with Gasteiger partial charge in [0.05, 0.1) is 0 Å². The Bertz CT molecular complexity index is 468. The van der Waals surface area contributed by atoms with Crippen LogP contribution in [0.1, 0.15) is 18.4 Å². The van der Waals surface area contributed by atoms with Crippen molar-refractivity contribution in [2.24, 2.45) is 0 Å². The largest absolute Gasteiger partial charge is 0.324 e. The first kappa shape index (κ1) is 12.5. The highest BCUT2D eigenvalue weighted by atomic mass is 16.2. The van der Waals surface area contributed by atoms with Gasteiger partial charge in [0.1, 0.15) is 0 Å². The molecule has 0 aliphatic carbocycles. The number of hydrogen-bond acceptors (Lipinski definition) is 2. The second kappa shape index (κ2) is 5.21. The quantitative estimate of drug-likeness (QED) is 0.835. The molecule has 0 unspecified atom stereocenters. The number of fused-ring (bicyclic) bond motifs is 1. The van der Waals surface area contributed by atoms with Crippen LogP contribution < -0.4 is 10.2 Å². The number of urea groups is 1. The molecule has 0 aromatic heterocycles. The van der Waals surface area contributed by atoms with Crippen LogP contribution in [0.3, 0.4) is 0 Å². The normalized spacial score (nSPS) is 21.2. The average Bonchev–Trinajstić information content (AvgIpc) is 2.59. The van der Waals surface area contributed by atoms with Crippen molar-refractivity contribution in [3.63, 3.8) is 0 Å². The van der Waals surface area contributed by atoms with Crippen LogP contribution in [0.25, 0.3) is 0 Å². The van der Waals surface area contributed by atoms with Crippen molar-refractivity contribution in [3.05, 3.63) is 29.8 Å². The van der Waals surface area contributed by atoms with E-state index in [-0.39, 0.29) is 6.03 Å². The van der Waals surface area contributed by atoms with Crippen LogP contribution in [-0.4, -0.2) is 43.7 Å². The molecular formula is C15H21N3O. The molecule has 0 bridgehead atoms.